The number of para-hydroxylation sites is 2. The van der Waals surface area contributed by atoms with Gasteiger partial charge in [0.05, 0.1) is 6.54 Å². The first-order valence-corrected chi connectivity index (χ1v) is 11.8. The number of amides is 3. The SMILES string of the molecule is CSCC[C@@H](NC(=O)COc1ccccc1)C(=O)N(C)CC(=O)Nc1c(C)cccc1C. The molecule has 0 spiro atoms. The number of aryl methyl sites for hydroxylation is 2. The van der Waals surface area contributed by atoms with Crippen LogP contribution in [0.3, 0.4) is 0 Å². The van der Waals surface area contributed by atoms with Gasteiger partial charge >= 0.3 is 0 Å². The van der Waals surface area contributed by atoms with Crippen LogP contribution in [0.15, 0.2) is 48.5 Å². The fourth-order valence-corrected chi connectivity index (χ4v) is 3.62. The summed E-state index contributed by atoms with van der Waals surface area (Å²) in [7, 11) is 1.56. The predicted molar refractivity (Wildman–Crippen MR) is 129 cm³/mol. The number of anilines is 1. The Balaban J connectivity index is 1.94. The van der Waals surface area contributed by atoms with Gasteiger partial charge in [-0.15, -0.1) is 0 Å². The summed E-state index contributed by atoms with van der Waals surface area (Å²) in [4.78, 5) is 39.2. The first kappa shape index (κ1) is 25.3. The fourth-order valence-electron chi connectivity index (χ4n) is 3.14. The molecule has 1 atom stereocenters. The van der Waals surface area contributed by atoms with E-state index in [4.69, 9.17) is 4.74 Å². The summed E-state index contributed by atoms with van der Waals surface area (Å²) < 4.78 is 5.46. The molecule has 7 nitrogen and oxygen atoms in total. The van der Waals surface area contributed by atoms with Crippen molar-refractivity contribution in [3.05, 3.63) is 59.7 Å². The minimum absolute atomic E-state index is 0.112. The number of thioether (sulfide) groups is 1. The van der Waals surface area contributed by atoms with Crippen molar-refractivity contribution in [2.45, 2.75) is 26.3 Å². The highest BCUT2D eigenvalue weighted by Crippen LogP contribution is 2.19. The molecule has 0 heterocycles. The Bertz CT molecular complexity index is 900. The molecule has 0 radical (unpaired) electrons. The maximum absolute atomic E-state index is 13.0. The Hall–Kier alpha value is -3.00. The molecule has 0 aliphatic carbocycles. The second-order valence-corrected chi connectivity index (χ2v) is 8.50. The molecule has 0 saturated heterocycles. The Morgan fingerprint density at radius 2 is 1.66 bits per heavy atom. The van der Waals surface area contributed by atoms with E-state index in [0.29, 0.717) is 17.9 Å². The van der Waals surface area contributed by atoms with E-state index in [0.717, 1.165) is 16.8 Å². The molecule has 172 valence electrons. The highest BCUT2D eigenvalue weighted by Gasteiger charge is 2.25. The Morgan fingerprint density at radius 3 is 2.28 bits per heavy atom. The number of hydrogen-bond donors (Lipinski definition) is 2. The van der Waals surface area contributed by atoms with E-state index >= 15 is 0 Å². The third-order valence-electron chi connectivity index (χ3n) is 4.86. The number of carbonyl (C=O) groups excluding carboxylic acids is 3. The van der Waals surface area contributed by atoms with Crippen molar-refractivity contribution < 1.29 is 19.1 Å². The lowest BCUT2D eigenvalue weighted by Gasteiger charge is -2.24. The third-order valence-corrected chi connectivity index (χ3v) is 5.50. The molecule has 0 unspecified atom stereocenters. The topological polar surface area (TPSA) is 87.7 Å². The lowest BCUT2D eigenvalue weighted by Crippen LogP contribution is -2.50. The van der Waals surface area contributed by atoms with Crippen molar-refractivity contribution in [2.24, 2.45) is 0 Å². The maximum Gasteiger partial charge on any atom is 0.258 e. The number of nitrogens with one attached hydrogen (secondary N) is 2. The summed E-state index contributed by atoms with van der Waals surface area (Å²) in [5.41, 5.74) is 2.66. The monoisotopic (exact) mass is 457 g/mol. The first-order valence-electron chi connectivity index (χ1n) is 10.4. The summed E-state index contributed by atoms with van der Waals surface area (Å²) in [5.74, 6) is 0.277. The van der Waals surface area contributed by atoms with Crippen molar-refractivity contribution in [1.82, 2.24) is 10.2 Å². The van der Waals surface area contributed by atoms with Gasteiger partial charge in [-0.25, -0.2) is 0 Å². The van der Waals surface area contributed by atoms with Crippen LogP contribution in [0.1, 0.15) is 17.5 Å². The first-order chi connectivity index (χ1) is 15.3. The molecule has 0 aliphatic heterocycles. The average molecular weight is 458 g/mol. The van der Waals surface area contributed by atoms with Gasteiger partial charge in [-0.1, -0.05) is 36.4 Å². The molecule has 2 rings (SSSR count). The minimum Gasteiger partial charge on any atom is -0.484 e. The number of likely N-dealkylation sites (N-methyl/N-ethyl adjacent to an activating group) is 1. The number of carbonyl (C=O) groups is 3. The van der Waals surface area contributed by atoms with Gasteiger partial charge in [-0.2, -0.15) is 11.8 Å². The van der Waals surface area contributed by atoms with Crippen molar-refractivity contribution in [1.29, 1.82) is 0 Å². The number of rotatable bonds is 11. The van der Waals surface area contributed by atoms with Gasteiger partial charge in [0.2, 0.25) is 11.8 Å². The van der Waals surface area contributed by atoms with Crippen molar-refractivity contribution in [3.63, 3.8) is 0 Å². The number of hydrogen-bond acceptors (Lipinski definition) is 5. The zero-order chi connectivity index (χ0) is 23.5. The van der Waals surface area contributed by atoms with Gasteiger partial charge in [-0.05, 0) is 55.5 Å². The summed E-state index contributed by atoms with van der Waals surface area (Å²) in [6.07, 6.45) is 2.39. The van der Waals surface area contributed by atoms with Crippen LogP contribution in [-0.2, 0) is 14.4 Å². The summed E-state index contributed by atoms with van der Waals surface area (Å²) >= 11 is 1.58. The quantitative estimate of drug-likeness (QED) is 0.542. The number of nitrogens with zero attached hydrogens (tertiary/aromatic N) is 1. The number of benzene rings is 2. The van der Waals surface area contributed by atoms with Crippen molar-refractivity contribution in [2.75, 3.05) is 37.5 Å². The Morgan fingerprint density at radius 1 is 1.00 bits per heavy atom. The molecule has 2 aromatic rings. The van der Waals surface area contributed by atoms with Gasteiger partial charge in [0.15, 0.2) is 6.61 Å². The van der Waals surface area contributed by atoms with Crippen molar-refractivity contribution >= 4 is 35.2 Å². The van der Waals surface area contributed by atoms with Crippen LogP contribution >= 0.6 is 11.8 Å². The minimum atomic E-state index is -0.729. The molecule has 0 bridgehead atoms. The van der Waals surface area contributed by atoms with E-state index in [-0.39, 0.29) is 30.9 Å². The summed E-state index contributed by atoms with van der Waals surface area (Å²) in [6.45, 7) is 3.54. The third kappa shape index (κ3) is 7.92. The smallest absolute Gasteiger partial charge is 0.258 e. The normalized spacial score (nSPS) is 11.4. The van der Waals surface area contributed by atoms with Crippen LogP contribution < -0.4 is 15.4 Å². The van der Waals surface area contributed by atoms with Crippen LogP contribution in [0.25, 0.3) is 0 Å². The summed E-state index contributed by atoms with van der Waals surface area (Å²) in [6, 6.07) is 14.0. The lowest BCUT2D eigenvalue weighted by molar-refractivity contribution is -0.137. The van der Waals surface area contributed by atoms with E-state index in [9.17, 15) is 14.4 Å². The van der Waals surface area contributed by atoms with Crippen LogP contribution in [0.4, 0.5) is 5.69 Å². The molecule has 0 aromatic heterocycles. The zero-order valence-electron chi connectivity index (χ0n) is 19.0. The number of ether oxygens (including phenoxy) is 1. The van der Waals surface area contributed by atoms with E-state index < -0.39 is 6.04 Å². The molecule has 2 aromatic carbocycles. The van der Waals surface area contributed by atoms with Crippen LogP contribution in [0.2, 0.25) is 0 Å². The highest BCUT2D eigenvalue weighted by atomic mass is 32.2. The maximum atomic E-state index is 13.0. The zero-order valence-corrected chi connectivity index (χ0v) is 19.8. The molecule has 0 saturated carbocycles. The largest absolute Gasteiger partial charge is 0.484 e. The van der Waals surface area contributed by atoms with Gasteiger partial charge in [-0.3, -0.25) is 14.4 Å². The van der Waals surface area contributed by atoms with Crippen LogP contribution in [-0.4, -0.2) is 60.9 Å². The van der Waals surface area contributed by atoms with Gasteiger partial charge < -0.3 is 20.3 Å². The highest BCUT2D eigenvalue weighted by molar-refractivity contribution is 7.98. The average Bonchev–Trinajstić information content (AvgIpc) is 2.78. The second kappa shape index (κ2) is 12.8. The van der Waals surface area contributed by atoms with E-state index in [1.54, 1.807) is 30.9 Å². The summed E-state index contributed by atoms with van der Waals surface area (Å²) in [5, 5.41) is 5.63. The molecule has 2 N–H and O–H groups in total. The van der Waals surface area contributed by atoms with Crippen LogP contribution in [0, 0.1) is 13.8 Å². The molecule has 8 heteroatoms. The Kier molecular flexibility index (Phi) is 10.1. The molecule has 0 fully saturated rings. The predicted octanol–water partition coefficient (Wildman–Crippen LogP) is 3.02. The van der Waals surface area contributed by atoms with Gasteiger partial charge in [0.1, 0.15) is 11.8 Å². The fraction of sp³-hybridized carbons (Fsp3) is 0.375. The molecule has 3 amide bonds. The second-order valence-electron chi connectivity index (χ2n) is 7.51. The molecular weight excluding hydrogens is 426 g/mol. The molecule has 0 aliphatic rings. The van der Waals surface area contributed by atoms with E-state index in [2.05, 4.69) is 10.6 Å². The van der Waals surface area contributed by atoms with Crippen molar-refractivity contribution in [3.8, 4) is 5.75 Å². The van der Waals surface area contributed by atoms with Crippen LogP contribution in [0.5, 0.6) is 5.75 Å². The molecule has 32 heavy (non-hydrogen) atoms. The molecular formula is C24H31N3O4S. The van der Waals surface area contributed by atoms with E-state index in [1.807, 2.05) is 56.5 Å². The van der Waals surface area contributed by atoms with Gasteiger partial charge in [0.25, 0.3) is 5.91 Å². The van der Waals surface area contributed by atoms with Gasteiger partial charge in [0, 0.05) is 12.7 Å². The standard InChI is InChI=1S/C24H31N3O4S/c1-17-9-8-10-18(2)23(17)26-21(28)15-27(3)24(30)20(13-14-32-4)25-22(29)16-31-19-11-6-5-7-12-19/h5-12,20H,13-16H2,1-4H3,(H,25,29)(H,26,28)/t20-/m1/s1. The van der Waals surface area contributed by atoms with E-state index in [1.165, 1.54) is 4.90 Å². The Labute approximate surface area is 193 Å². The lowest BCUT2D eigenvalue weighted by atomic mass is 10.1.